The summed E-state index contributed by atoms with van der Waals surface area (Å²) in [6.45, 7) is 1.24. The Morgan fingerprint density at radius 2 is 1.97 bits per heavy atom. The highest BCUT2D eigenvalue weighted by atomic mass is 19.3. The molecule has 208 valence electrons. The van der Waals surface area contributed by atoms with E-state index in [1.54, 1.807) is 0 Å². The number of benzene rings is 1. The molecule has 1 aliphatic rings. The number of hydrogen-bond donors (Lipinski definition) is 1. The number of halogens is 6. The number of piperidine rings is 1. The van der Waals surface area contributed by atoms with Crippen LogP contribution in [0.25, 0.3) is 27.7 Å². The van der Waals surface area contributed by atoms with Crippen molar-refractivity contribution in [1.29, 1.82) is 0 Å². The van der Waals surface area contributed by atoms with Gasteiger partial charge >= 0.3 is 0 Å². The summed E-state index contributed by atoms with van der Waals surface area (Å²) in [6.07, 6.45) is -1.88. The largest absolute Gasteiger partial charge is 0.479 e. The van der Waals surface area contributed by atoms with Gasteiger partial charge < -0.3 is 19.5 Å². The molecule has 3 aromatic heterocycles. The molecule has 15 heteroatoms. The molecule has 0 unspecified atom stereocenters. The van der Waals surface area contributed by atoms with Gasteiger partial charge in [-0.15, -0.1) is 5.10 Å². The van der Waals surface area contributed by atoms with Crippen molar-refractivity contribution in [3.05, 3.63) is 35.8 Å². The fourth-order valence-corrected chi connectivity index (χ4v) is 4.85. The molecule has 4 heterocycles. The summed E-state index contributed by atoms with van der Waals surface area (Å²) in [4.78, 5) is 20.7. The average molecular weight is 555 g/mol. The molecule has 5 rings (SSSR count). The number of alkyl halides is 4. The number of aromatic nitrogens is 5. The van der Waals surface area contributed by atoms with Crippen molar-refractivity contribution < 1.29 is 35.9 Å². The van der Waals surface area contributed by atoms with E-state index < -0.39 is 49.0 Å². The van der Waals surface area contributed by atoms with E-state index in [9.17, 15) is 26.7 Å². The SMILES string of the molecule is COc1nc(N[C@@H]2CCN(C(C)=O)CC2(F)F)nn2cc(F)c(-c3cc(F)c4nc(C)n(CC(F)F)c4c3)c12. The molecule has 1 aliphatic heterocycles. The van der Waals surface area contributed by atoms with E-state index in [1.165, 1.54) is 27.0 Å². The topological polar surface area (TPSA) is 89.6 Å². The first-order valence-corrected chi connectivity index (χ1v) is 11.9. The standard InChI is InChI=1S/C24H23F6N7O2/c1-11-31-20-14(25)6-13(7-16(20)36(11)9-18(27)28)19-15(26)8-37-21(19)22(39-3)33-23(34-37)32-17-4-5-35(12(2)38)10-24(17,29)30/h6-8,17-18H,4-5,9-10H2,1-3H3,(H,32,34)/t17-/m1/s1. The molecule has 0 bridgehead atoms. The highest BCUT2D eigenvalue weighted by Crippen LogP contribution is 2.37. The van der Waals surface area contributed by atoms with Crippen LogP contribution in [-0.4, -0.2) is 73.5 Å². The second-order valence-electron chi connectivity index (χ2n) is 9.26. The number of methoxy groups -OCH3 is 1. The number of rotatable bonds is 6. The van der Waals surface area contributed by atoms with Crippen molar-refractivity contribution in [2.24, 2.45) is 0 Å². The fraction of sp³-hybridized carbons (Fsp3) is 0.417. The number of carbonyl (C=O) groups excluding carboxylic acids is 1. The maximum absolute atomic E-state index is 15.3. The lowest BCUT2D eigenvalue weighted by Crippen LogP contribution is -2.55. The lowest BCUT2D eigenvalue weighted by molar-refractivity contribution is -0.140. The summed E-state index contributed by atoms with van der Waals surface area (Å²) < 4.78 is 93.5. The number of nitrogens with one attached hydrogen (secondary N) is 1. The molecule has 0 radical (unpaired) electrons. The predicted octanol–water partition coefficient (Wildman–Crippen LogP) is 4.27. The molecule has 1 saturated heterocycles. The third kappa shape index (κ3) is 4.69. The highest BCUT2D eigenvalue weighted by Gasteiger charge is 2.46. The van der Waals surface area contributed by atoms with Crippen LogP contribution in [0.3, 0.4) is 0 Å². The number of carbonyl (C=O) groups is 1. The lowest BCUT2D eigenvalue weighted by Gasteiger charge is -2.38. The number of amides is 1. The molecule has 39 heavy (non-hydrogen) atoms. The smallest absolute Gasteiger partial charge is 0.285 e. The molecule has 9 nitrogen and oxygen atoms in total. The second-order valence-corrected chi connectivity index (χ2v) is 9.26. The number of hydrogen-bond acceptors (Lipinski definition) is 6. The Morgan fingerprint density at radius 3 is 2.62 bits per heavy atom. The van der Waals surface area contributed by atoms with Gasteiger partial charge in [-0.2, -0.15) is 4.98 Å². The fourth-order valence-electron chi connectivity index (χ4n) is 4.85. The van der Waals surface area contributed by atoms with Crippen LogP contribution < -0.4 is 10.1 Å². The Bertz CT molecular complexity index is 1580. The molecular formula is C24H23F6N7O2. The number of imidazole rings is 1. The third-order valence-electron chi connectivity index (χ3n) is 6.70. The number of ether oxygens (including phenoxy) is 1. The van der Waals surface area contributed by atoms with E-state index in [1.807, 2.05) is 0 Å². The third-order valence-corrected chi connectivity index (χ3v) is 6.70. The number of likely N-dealkylation sites (tertiary alicyclic amines) is 1. The normalized spacial score (nSPS) is 17.4. The van der Waals surface area contributed by atoms with Crippen molar-refractivity contribution in [2.75, 3.05) is 25.5 Å². The molecule has 0 spiro atoms. The predicted molar refractivity (Wildman–Crippen MR) is 128 cm³/mol. The van der Waals surface area contributed by atoms with E-state index in [4.69, 9.17) is 4.74 Å². The first-order valence-electron chi connectivity index (χ1n) is 11.9. The monoisotopic (exact) mass is 555 g/mol. The van der Waals surface area contributed by atoms with E-state index in [0.29, 0.717) is 0 Å². The van der Waals surface area contributed by atoms with E-state index in [-0.39, 0.29) is 58.3 Å². The Morgan fingerprint density at radius 1 is 1.23 bits per heavy atom. The maximum Gasteiger partial charge on any atom is 0.285 e. The van der Waals surface area contributed by atoms with Crippen LogP contribution in [0.2, 0.25) is 0 Å². The van der Waals surface area contributed by atoms with Gasteiger partial charge in [0.15, 0.2) is 11.6 Å². The number of fused-ring (bicyclic) bond motifs is 2. The van der Waals surface area contributed by atoms with Gasteiger partial charge in [-0.3, -0.25) is 4.79 Å². The highest BCUT2D eigenvalue weighted by molar-refractivity contribution is 5.90. The van der Waals surface area contributed by atoms with E-state index in [2.05, 4.69) is 20.4 Å². The van der Waals surface area contributed by atoms with Gasteiger partial charge in [0.1, 0.15) is 16.9 Å². The minimum Gasteiger partial charge on any atom is -0.479 e. The van der Waals surface area contributed by atoms with Crippen molar-refractivity contribution in [3.8, 4) is 17.0 Å². The summed E-state index contributed by atoms with van der Waals surface area (Å²) in [7, 11) is 1.23. The second kappa shape index (κ2) is 9.61. The molecule has 0 saturated carbocycles. The van der Waals surface area contributed by atoms with Crippen LogP contribution in [0.4, 0.5) is 32.3 Å². The first-order chi connectivity index (χ1) is 18.4. The van der Waals surface area contributed by atoms with Gasteiger partial charge in [0.25, 0.3) is 12.3 Å². The zero-order valence-electron chi connectivity index (χ0n) is 21.0. The number of aryl methyl sites for hydroxylation is 1. The zero-order chi connectivity index (χ0) is 28.2. The van der Waals surface area contributed by atoms with Crippen molar-refractivity contribution in [3.63, 3.8) is 0 Å². The quantitative estimate of drug-likeness (QED) is 0.358. The minimum atomic E-state index is -3.30. The molecule has 4 aromatic rings. The average Bonchev–Trinajstić information content (AvgIpc) is 3.35. The van der Waals surface area contributed by atoms with E-state index >= 15 is 4.39 Å². The Hall–Kier alpha value is -4.04. The molecule has 1 aromatic carbocycles. The Labute approximate surface area is 217 Å². The van der Waals surface area contributed by atoms with Crippen LogP contribution in [-0.2, 0) is 11.3 Å². The van der Waals surface area contributed by atoms with Crippen LogP contribution >= 0.6 is 0 Å². The summed E-state index contributed by atoms with van der Waals surface area (Å²) in [6, 6.07) is 0.924. The van der Waals surface area contributed by atoms with Gasteiger partial charge in [-0.25, -0.2) is 35.8 Å². The maximum atomic E-state index is 15.3. The van der Waals surface area contributed by atoms with Gasteiger partial charge in [0.05, 0.1) is 43.5 Å². The van der Waals surface area contributed by atoms with Crippen LogP contribution in [0.5, 0.6) is 5.88 Å². The molecule has 1 fully saturated rings. The summed E-state index contributed by atoms with van der Waals surface area (Å²) in [5.41, 5.74) is -0.330. The number of anilines is 1. The molecule has 0 aliphatic carbocycles. The number of nitrogens with zero attached hydrogens (tertiary/aromatic N) is 6. The summed E-state index contributed by atoms with van der Waals surface area (Å²) in [5.74, 6) is -5.81. The van der Waals surface area contributed by atoms with Gasteiger partial charge in [0, 0.05) is 13.5 Å². The molecular weight excluding hydrogens is 532 g/mol. The van der Waals surface area contributed by atoms with Crippen molar-refractivity contribution >= 4 is 28.4 Å². The van der Waals surface area contributed by atoms with Gasteiger partial charge in [-0.1, -0.05) is 0 Å². The minimum absolute atomic E-state index is 0.0128. The summed E-state index contributed by atoms with van der Waals surface area (Å²) >= 11 is 0. The van der Waals surface area contributed by atoms with Gasteiger partial charge in [-0.05, 0) is 31.0 Å². The van der Waals surface area contributed by atoms with Crippen LogP contribution in [0, 0.1) is 18.6 Å². The van der Waals surface area contributed by atoms with Crippen LogP contribution in [0.15, 0.2) is 18.3 Å². The Kier molecular flexibility index (Phi) is 6.55. The van der Waals surface area contributed by atoms with Crippen molar-refractivity contribution in [1.82, 2.24) is 29.0 Å². The molecule has 1 amide bonds. The van der Waals surface area contributed by atoms with Crippen molar-refractivity contribution in [2.45, 2.75) is 45.2 Å². The van der Waals surface area contributed by atoms with E-state index in [0.717, 1.165) is 26.2 Å². The van der Waals surface area contributed by atoms with Crippen LogP contribution in [0.1, 0.15) is 19.2 Å². The first kappa shape index (κ1) is 26.6. The lowest BCUT2D eigenvalue weighted by atomic mass is 10.0. The molecule has 1 atom stereocenters. The zero-order valence-corrected chi connectivity index (χ0v) is 21.0. The summed E-state index contributed by atoms with van der Waals surface area (Å²) in [5, 5.41) is 6.65. The van der Waals surface area contributed by atoms with Gasteiger partial charge in [0.2, 0.25) is 17.7 Å². The Balaban J connectivity index is 1.57. The molecule has 1 N–H and O–H groups in total.